The second-order valence-electron chi connectivity index (χ2n) is 6.80. The topological polar surface area (TPSA) is 189 Å². The fourth-order valence-corrected chi connectivity index (χ4v) is 3.23. The first-order chi connectivity index (χ1) is 16.9. The van der Waals surface area contributed by atoms with E-state index in [-0.39, 0.29) is 33.7 Å². The molecule has 15 heteroatoms. The standard InChI is InChI=1S/C20H16ClN9O5/c1-2-34-13-5-3-4-12(9-13)17-16(24-28-29(17)19-18(22)26-35-27-19)20(31)25-23-10-11-6-7-14(21)15(8-11)30(32)33/h3-10H,2H2,1H3,(H2,22,26)(H,25,31)/b23-10+. The summed E-state index contributed by atoms with van der Waals surface area (Å²) in [6.45, 7) is 2.28. The van der Waals surface area contributed by atoms with E-state index in [4.69, 9.17) is 22.1 Å². The number of anilines is 1. The quantitative estimate of drug-likeness (QED) is 0.208. The van der Waals surface area contributed by atoms with Crippen molar-refractivity contribution in [1.82, 2.24) is 30.7 Å². The summed E-state index contributed by atoms with van der Waals surface area (Å²) < 4.78 is 11.4. The molecule has 0 aliphatic carbocycles. The first-order valence-corrected chi connectivity index (χ1v) is 10.3. The molecule has 2 aromatic heterocycles. The number of hydrogen-bond acceptors (Lipinski definition) is 11. The molecule has 3 N–H and O–H groups in total. The Balaban J connectivity index is 1.67. The highest BCUT2D eigenvalue weighted by atomic mass is 35.5. The smallest absolute Gasteiger partial charge is 0.294 e. The zero-order valence-electron chi connectivity index (χ0n) is 18.0. The average Bonchev–Trinajstić information content (AvgIpc) is 3.46. The van der Waals surface area contributed by atoms with Crippen molar-refractivity contribution in [2.24, 2.45) is 5.10 Å². The van der Waals surface area contributed by atoms with Crippen LogP contribution in [-0.4, -0.2) is 49.0 Å². The summed E-state index contributed by atoms with van der Waals surface area (Å²) in [5.41, 5.74) is 8.82. The van der Waals surface area contributed by atoms with Gasteiger partial charge in [-0.1, -0.05) is 35.0 Å². The SMILES string of the molecule is CCOc1cccc(-c2c(C(=O)N/N=C/c3ccc(Cl)c([N+](=O)[O-])c3)nnn2-c2nonc2N)c1. The van der Waals surface area contributed by atoms with Gasteiger partial charge in [0.15, 0.2) is 5.69 Å². The lowest BCUT2D eigenvalue weighted by molar-refractivity contribution is -0.384. The lowest BCUT2D eigenvalue weighted by Gasteiger charge is -2.08. The lowest BCUT2D eigenvalue weighted by Crippen LogP contribution is -2.19. The Morgan fingerprint density at radius 2 is 2.17 bits per heavy atom. The molecule has 35 heavy (non-hydrogen) atoms. The first-order valence-electron chi connectivity index (χ1n) is 9.93. The maximum Gasteiger partial charge on any atom is 0.294 e. The molecule has 0 saturated heterocycles. The van der Waals surface area contributed by atoms with Crippen molar-refractivity contribution in [3.63, 3.8) is 0 Å². The number of carbonyl (C=O) groups excluding carboxylic acids is 1. The van der Waals surface area contributed by atoms with Crippen molar-refractivity contribution in [3.05, 3.63) is 68.9 Å². The van der Waals surface area contributed by atoms with Gasteiger partial charge in [-0.2, -0.15) is 9.78 Å². The van der Waals surface area contributed by atoms with Gasteiger partial charge in [0.1, 0.15) is 16.5 Å². The summed E-state index contributed by atoms with van der Waals surface area (Å²) in [7, 11) is 0. The Bertz CT molecular complexity index is 1430. The molecule has 1 amide bonds. The number of ether oxygens (including phenoxy) is 1. The summed E-state index contributed by atoms with van der Waals surface area (Å²) in [6, 6.07) is 11.0. The van der Waals surface area contributed by atoms with Gasteiger partial charge in [-0.15, -0.1) is 5.10 Å². The number of nitrogen functional groups attached to an aromatic ring is 1. The maximum atomic E-state index is 12.9. The van der Waals surface area contributed by atoms with Gasteiger partial charge < -0.3 is 10.5 Å². The molecule has 2 heterocycles. The van der Waals surface area contributed by atoms with Crippen LogP contribution in [0.15, 0.2) is 52.2 Å². The van der Waals surface area contributed by atoms with E-state index in [0.717, 1.165) is 0 Å². The monoisotopic (exact) mass is 497 g/mol. The number of nitro benzene ring substituents is 1. The molecule has 0 saturated carbocycles. The second kappa shape index (κ2) is 9.96. The van der Waals surface area contributed by atoms with Crippen molar-refractivity contribution >= 4 is 35.2 Å². The summed E-state index contributed by atoms with van der Waals surface area (Å²) in [4.78, 5) is 23.4. The number of aromatic nitrogens is 5. The summed E-state index contributed by atoms with van der Waals surface area (Å²) >= 11 is 5.81. The van der Waals surface area contributed by atoms with Crippen LogP contribution in [0.3, 0.4) is 0 Å². The second-order valence-corrected chi connectivity index (χ2v) is 7.21. The number of hydrazone groups is 1. The van der Waals surface area contributed by atoms with E-state index in [2.05, 4.69) is 35.8 Å². The van der Waals surface area contributed by atoms with Crippen LogP contribution in [0.1, 0.15) is 23.0 Å². The highest BCUT2D eigenvalue weighted by Crippen LogP contribution is 2.29. The third-order valence-electron chi connectivity index (χ3n) is 4.55. The summed E-state index contributed by atoms with van der Waals surface area (Å²) in [6.07, 6.45) is 1.22. The van der Waals surface area contributed by atoms with Gasteiger partial charge in [0.25, 0.3) is 11.6 Å². The lowest BCUT2D eigenvalue weighted by atomic mass is 10.1. The van der Waals surface area contributed by atoms with Gasteiger partial charge in [0.2, 0.25) is 11.6 Å². The highest BCUT2D eigenvalue weighted by Gasteiger charge is 2.25. The molecule has 0 fully saturated rings. The molecule has 14 nitrogen and oxygen atoms in total. The molecular formula is C20H16ClN9O5. The van der Waals surface area contributed by atoms with E-state index < -0.39 is 10.8 Å². The number of carbonyl (C=O) groups is 1. The Labute approximate surface area is 201 Å². The minimum Gasteiger partial charge on any atom is -0.494 e. The number of rotatable bonds is 8. The highest BCUT2D eigenvalue weighted by molar-refractivity contribution is 6.32. The summed E-state index contributed by atoms with van der Waals surface area (Å²) in [5, 5.41) is 30.1. The van der Waals surface area contributed by atoms with Crippen molar-refractivity contribution in [1.29, 1.82) is 0 Å². The molecule has 0 aliphatic heterocycles. The number of nitrogens with two attached hydrogens (primary N) is 1. The molecule has 0 atom stereocenters. The number of hydrogen-bond donors (Lipinski definition) is 2. The van der Waals surface area contributed by atoms with Crippen molar-refractivity contribution < 1.29 is 19.1 Å². The molecule has 4 rings (SSSR count). The third kappa shape index (κ3) is 4.91. The first kappa shape index (κ1) is 23.3. The van der Waals surface area contributed by atoms with E-state index in [1.165, 1.54) is 29.1 Å². The van der Waals surface area contributed by atoms with Crippen LogP contribution in [0.5, 0.6) is 5.75 Å². The molecule has 0 bridgehead atoms. The zero-order valence-corrected chi connectivity index (χ0v) is 18.7. The molecular weight excluding hydrogens is 482 g/mol. The van der Waals surface area contributed by atoms with E-state index in [1.54, 1.807) is 24.3 Å². The Kier molecular flexibility index (Phi) is 6.64. The average molecular weight is 498 g/mol. The number of halogens is 1. The molecule has 2 aromatic carbocycles. The number of amides is 1. The molecule has 4 aromatic rings. The van der Waals surface area contributed by atoms with Gasteiger partial charge >= 0.3 is 0 Å². The maximum absolute atomic E-state index is 12.9. The van der Waals surface area contributed by atoms with Crippen LogP contribution in [0, 0.1) is 10.1 Å². The Hall–Kier alpha value is -4.85. The van der Waals surface area contributed by atoms with Crippen LogP contribution in [0.2, 0.25) is 5.02 Å². The predicted octanol–water partition coefficient (Wildman–Crippen LogP) is 2.62. The number of nitrogens with one attached hydrogen (secondary N) is 1. The molecule has 178 valence electrons. The fourth-order valence-electron chi connectivity index (χ4n) is 3.05. The fraction of sp³-hybridized carbons (Fsp3) is 0.100. The van der Waals surface area contributed by atoms with Gasteiger partial charge in [-0.05, 0) is 35.4 Å². The van der Waals surface area contributed by atoms with E-state index in [9.17, 15) is 14.9 Å². The van der Waals surface area contributed by atoms with Gasteiger partial charge in [-0.3, -0.25) is 14.9 Å². The summed E-state index contributed by atoms with van der Waals surface area (Å²) in [5.74, 6) is -0.197. The van der Waals surface area contributed by atoms with Crippen LogP contribution in [-0.2, 0) is 0 Å². The largest absolute Gasteiger partial charge is 0.494 e. The normalized spacial score (nSPS) is 11.0. The van der Waals surface area contributed by atoms with Crippen molar-refractivity contribution in [3.8, 4) is 22.8 Å². The van der Waals surface area contributed by atoms with Crippen LogP contribution in [0.25, 0.3) is 17.1 Å². The van der Waals surface area contributed by atoms with Gasteiger partial charge in [0.05, 0.1) is 17.7 Å². The van der Waals surface area contributed by atoms with E-state index in [0.29, 0.717) is 23.5 Å². The Morgan fingerprint density at radius 3 is 2.89 bits per heavy atom. The van der Waals surface area contributed by atoms with Crippen LogP contribution < -0.4 is 15.9 Å². The van der Waals surface area contributed by atoms with Gasteiger partial charge in [0, 0.05) is 17.2 Å². The van der Waals surface area contributed by atoms with E-state index in [1.807, 2.05) is 6.92 Å². The van der Waals surface area contributed by atoms with Crippen molar-refractivity contribution in [2.45, 2.75) is 6.92 Å². The molecule has 0 unspecified atom stereocenters. The Morgan fingerprint density at radius 1 is 1.34 bits per heavy atom. The van der Waals surface area contributed by atoms with Gasteiger partial charge in [-0.25, -0.2) is 10.1 Å². The molecule has 0 spiro atoms. The van der Waals surface area contributed by atoms with Crippen LogP contribution in [0.4, 0.5) is 11.5 Å². The van der Waals surface area contributed by atoms with Crippen molar-refractivity contribution in [2.75, 3.05) is 12.3 Å². The minimum absolute atomic E-state index is 0.0201. The number of benzene rings is 2. The number of nitrogens with zero attached hydrogens (tertiary/aromatic N) is 7. The predicted molar refractivity (Wildman–Crippen MR) is 123 cm³/mol. The zero-order chi connectivity index (χ0) is 24.9. The van der Waals surface area contributed by atoms with Crippen LogP contribution >= 0.6 is 11.6 Å². The van der Waals surface area contributed by atoms with E-state index >= 15 is 0 Å². The molecule has 0 radical (unpaired) electrons. The number of nitro groups is 1. The minimum atomic E-state index is -0.720. The molecule has 0 aliphatic rings. The third-order valence-corrected chi connectivity index (χ3v) is 4.87.